The number of carbonyl (C=O) groups excluding carboxylic acids is 2. The van der Waals surface area contributed by atoms with Gasteiger partial charge in [-0.1, -0.05) is 48.0 Å². The molecule has 2 N–H and O–H groups in total. The lowest BCUT2D eigenvalue weighted by Crippen LogP contribution is -2.38. The normalized spacial score (nSPS) is 15.9. The van der Waals surface area contributed by atoms with E-state index in [1.165, 1.54) is 0 Å². The Labute approximate surface area is 186 Å². The van der Waals surface area contributed by atoms with Gasteiger partial charge in [-0.3, -0.25) is 9.59 Å². The largest absolute Gasteiger partial charge is 0.492 e. The van der Waals surface area contributed by atoms with Crippen LogP contribution in [0.25, 0.3) is 0 Å². The topological polar surface area (TPSA) is 67.4 Å². The molecule has 1 aliphatic rings. The number of rotatable bonds is 5. The fourth-order valence-corrected chi connectivity index (χ4v) is 3.82. The quantitative estimate of drug-likeness (QED) is 0.592. The maximum atomic E-state index is 12.8. The zero-order valence-electron chi connectivity index (χ0n) is 17.1. The zero-order valence-corrected chi connectivity index (χ0v) is 17.9. The van der Waals surface area contributed by atoms with Crippen molar-refractivity contribution in [1.82, 2.24) is 5.32 Å². The Morgan fingerprint density at radius 1 is 1.03 bits per heavy atom. The summed E-state index contributed by atoms with van der Waals surface area (Å²) in [5.41, 5.74) is 3.07. The number of carbonyl (C=O) groups is 2. The van der Waals surface area contributed by atoms with Crippen molar-refractivity contribution >= 4 is 29.1 Å². The van der Waals surface area contributed by atoms with Crippen molar-refractivity contribution in [1.29, 1.82) is 0 Å². The van der Waals surface area contributed by atoms with Gasteiger partial charge in [-0.05, 0) is 60.9 Å². The van der Waals surface area contributed by atoms with Crippen LogP contribution in [-0.2, 0) is 11.2 Å². The third-order valence-electron chi connectivity index (χ3n) is 5.34. The first-order valence-electron chi connectivity index (χ1n) is 10.2. The van der Waals surface area contributed by atoms with Crippen LogP contribution >= 0.6 is 11.6 Å². The predicted molar refractivity (Wildman–Crippen MR) is 122 cm³/mol. The molecule has 0 spiro atoms. The van der Waals surface area contributed by atoms with Gasteiger partial charge in [-0.25, -0.2) is 0 Å². The SMILES string of the molecule is C[C@H](NC(=O)[C@@H]1COc2ccc(NC(=O)c3cccc(Cl)c3)cc2C1)c1ccccc1. The van der Waals surface area contributed by atoms with Gasteiger partial charge in [-0.2, -0.15) is 0 Å². The standard InChI is InChI=1S/C25H23ClN2O3/c1-16(17-6-3-2-4-7-17)27-25(30)20-12-19-14-22(10-11-23(19)31-15-20)28-24(29)18-8-5-9-21(26)13-18/h2-11,13-14,16,20H,12,15H2,1H3,(H,27,30)(H,28,29)/t16-,20-/m0/s1. The lowest BCUT2D eigenvalue weighted by atomic mass is 9.95. The van der Waals surface area contributed by atoms with Crippen molar-refractivity contribution in [2.45, 2.75) is 19.4 Å². The van der Waals surface area contributed by atoms with Crippen LogP contribution in [0.15, 0.2) is 72.8 Å². The molecule has 0 radical (unpaired) electrons. The third kappa shape index (κ3) is 5.06. The number of halogens is 1. The van der Waals surface area contributed by atoms with Crippen molar-refractivity contribution in [2.75, 3.05) is 11.9 Å². The number of fused-ring (bicyclic) bond motifs is 1. The van der Waals surface area contributed by atoms with Crippen molar-refractivity contribution in [3.05, 3.63) is 94.5 Å². The van der Waals surface area contributed by atoms with E-state index < -0.39 is 0 Å². The van der Waals surface area contributed by atoms with Gasteiger partial charge in [0.05, 0.1) is 12.0 Å². The van der Waals surface area contributed by atoms with Crippen LogP contribution in [0.1, 0.15) is 34.5 Å². The highest BCUT2D eigenvalue weighted by Gasteiger charge is 2.27. The molecule has 4 rings (SSSR count). The lowest BCUT2D eigenvalue weighted by Gasteiger charge is -2.26. The molecular weight excluding hydrogens is 412 g/mol. The number of nitrogens with one attached hydrogen (secondary N) is 2. The highest BCUT2D eigenvalue weighted by Crippen LogP contribution is 2.30. The molecule has 5 nitrogen and oxygen atoms in total. The molecule has 2 amide bonds. The Balaban J connectivity index is 1.42. The second-order valence-electron chi connectivity index (χ2n) is 7.64. The Bertz CT molecular complexity index is 1100. The first-order valence-corrected chi connectivity index (χ1v) is 10.6. The van der Waals surface area contributed by atoms with Crippen molar-refractivity contribution < 1.29 is 14.3 Å². The Kier molecular flexibility index (Phi) is 6.23. The molecule has 0 aliphatic carbocycles. The summed E-state index contributed by atoms with van der Waals surface area (Å²) in [5, 5.41) is 6.45. The summed E-state index contributed by atoms with van der Waals surface area (Å²) in [4.78, 5) is 25.3. The Morgan fingerprint density at radius 3 is 2.61 bits per heavy atom. The van der Waals surface area contributed by atoms with E-state index in [0.29, 0.717) is 29.3 Å². The second kappa shape index (κ2) is 9.23. The molecule has 1 aliphatic heterocycles. The number of amides is 2. The van der Waals surface area contributed by atoms with Crippen LogP contribution in [0.3, 0.4) is 0 Å². The van der Waals surface area contributed by atoms with Gasteiger partial charge >= 0.3 is 0 Å². The fraction of sp³-hybridized carbons (Fsp3) is 0.200. The summed E-state index contributed by atoms with van der Waals surface area (Å²) in [6.45, 7) is 2.29. The van der Waals surface area contributed by atoms with Crippen LogP contribution in [0.2, 0.25) is 5.02 Å². The van der Waals surface area contributed by atoms with Gasteiger partial charge < -0.3 is 15.4 Å². The van der Waals surface area contributed by atoms with E-state index in [2.05, 4.69) is 10.6 Å². The van der Waals surface area contributed by atoms with Crippen LogP contribution in [0, 0.1) is 5.92 Å². The molecule has 1 heterocycles. The Morgan fingerprint density at radius 2 is 1.84 bits per heavy atom. The van der Waals surface area contributed by atoms with Crippen molar-refractivity contribution in [3.63, 3.8) is 0 Å². The first-order chi connectivity index (χ1) is 15.0. The van der Waals surface area contributed by atoms with E-state index >= 15 is 0 Å². The van der Waals surface area contributed by atoms with Crippen LogP contribution in [-0.4, -0.2) is 18.4 Å². The number of hydrogen-bond acceptors (Lipinski definition) is 3. The highest BCUT2D eigenvalue weighted by molar-refractivity contribution is 6.31. The van der Waals surface area contributed by atoms with Crippen molar-refractivity contribution in [2.24, 2.45) is 5.92 Å². The minimum atomic E-state index is -0.294. The van der Waals surface area contributed by atoms with E-state index in [9.17, 15) is 9.59 Å². The lowest BCUT2D eigenvalue weighted by molar-refractivity contribution is -0.126. The molecule has 0 saturated carbocycles. The molecule has 0 saturated heterocycles. The van der Waals surface area contributed by atoms with Gasteiger partial charge in [0.25, 0.3) is 5.91 Å². The van der Waals surface area contributed by atoms with E-state index in [4.69, 9.17) is 16.3 Å². The van der Waals surface area contributed by atoms with Gasteiger partial charge in [0.2, 0.25) is 5.91 Å². The minimum Gasteiger partial charge on any atom is -0.492 e. The van der Waals surface area contributed by atoms with Crippen LogP contribution < -0.4 is 15.4 Å². The molecule has 6 heteroatoms. The molecule has 0 fully saturated rings. The molecule has 3 aromatic carbocycles. The molecule has 0 unspecified atom stereocenters. The molecule has 158 valence electrons. The minimum absolute atomic E-state index is 0.0460. The van der Waals surface area contributed by atoms with Crippen LogP contribution in [0.5, 0.6) is 5.75 Å². The maximum absolute atomic E-state index is 12.8. The number of hydrogen-bond donors (Lipinski definition) is 2. The Hall–Kier alpha value is -3.31. The van der Waals surface area contributed by atoms with Crippen LogP contribution in [0.4, 0.5) is 5.69 Å². The monoisotopic (exact) mass is 434 g/mol. The third-order valence-corrected chi connectivity index (χ3v) is 5.58. The zero-order chi connectivity index (χ0) is 21.8. The molecule has 2 atom stereocenters. The summed E-state index contributed by atoms with van der Waals surface area (Å²) >= 11 is 5.97. The number of ether oxygens (including phenoxy) is 1. The van der Waals surface area contributed by atoms with E-state index in [0.717, 1.165) is 16.9 Å². The molecular formula is C25H23ClN2O3. The number of benzene rings is 3. The summed E-state index contributed by atoms with van der Waals surface area (Å²) in [7, 11) is 0. The summed E-state index contributed by atoms with van der Waals surface area (Å²) < 4.78 is 5.81. The maximum Gasteiger partial charge on any atom is 0.255 e. The molecule has 0 aromatic heterocycles. The smallest absolute Gasteiger partial charge is 0.255 e. The summed E-state index contributed by atoms with van der Waals surface area (Å²) in [5.74, 6) is 0.152. The summed E-state index contributed by atoms with van der Waals surface area (Å²) in [6, 6.07) is 22.0. The molecule has 3 aromatic rings. The van der Waals surface area contributed by atoms with Crippen molar-refractivity contribution in [3.8, 4) is 5.75 Å². The predicted octanol–water partition coefficient (Wildman–Crippen LogP) is 5.02. The fourth-order valence-electron chi connectivity index (χ4n) is 3.63. The van der Waals surface area contributed by atoms with Gasteiger partial charge in [0.1, 0.15) is 12.4 Å². The van der Waals surface area contributed by atoms with E-state index in [-0.39, 0.29) is 23.8 Å². The number of anilines is 1. The average Bonchev–Trinajstić information content (AvgIpc) is 2.79. The second-order valence-corrected chi connectivity index (χ2v) is 8.08. The molecule has 31 heavy (non-hydrogen) atoms. The first kappa shape index (κ1) is 20.9. The highest BCUT2D eigenvalue weighted by atomic mass is 35.5. The molecule has 0 bridgehead atoms. The van der Waals surface area contributed by atoms with Gasteiger partial charge in [0.15, 0.2) is 0 Å². The van der Waals surface area contributed by atoms with Gasteiger partial charge in [0, 0.05) is 16.3 Å². The average molecular weight is 435 g/mol. The van der Waals surface area contributed by atoms with Gasteiger partial charge in [-0.15, -0.1) is 0 Å². The van der Waals surface area contributed by atoms with E-state index in [1.807, 2.05) is 49.4 Å². The summed E-state index contributed by atoms with van der Waals surface area (Å²) in [6.07, 6.45) is 0.545. The van der Waals surface area contributed by atoms with E-state index in [1.54, 1.807) is 30.3 Å².